The fourth-order valence-electron chi connectivity index (χ4n) is 6.00. The molecule has 1 aliphatic heterocycles. The molecule has 0 bridgehead atoms. The average molecular weight is 598 g/mol. The zero-order valence-corrected chi connectivity index (χ0v) is 25.1. The number of fused-ring (bicyclic) bond motifs is 1. The first kappa shape index (κ1) is 30.1. The third-order valence-electron chi connectivity index (χ3n) is 8.30. The van der Waals surface area contributed by atoms with Gasteiger partial charge in [0.2, 0.25) is 16.0 Å². The van der Waals surface area contributed by atoms with Crippen LogP contribution in [0.5, 0.6) is 0 Å². The molecule has 13 heteroatoms. The Hall–Kier alpha value is -3.42. The van der Waals surface area contributed by atoms with Crippen LogP contribution in [-0.4, -0.2) is 81.7 Å². The number of aryl methyl sites for hydroxylation is 1. The van der Waals surface area contributed by atoms with Crippen LogP contribution < -0.4 is 15.8 Å². The number of rotatable bonds is 11. The lowest BCUT2D eigenvalue weighted by atomic mass is 10.0. The molecule has 2 N–H and O–H groups in total. The van der Waals surface area contributed by atoms with Crippen LogP contribution >= 0.6 is 0 Å². The van der Waals surface area contributed by atoms with Gasteiger partial charge >= 0.3 is 0 Å². The lowest BCUT2D eigenvalue weighted by Gasteiger charge is -2.35. The smallest absolute Gasteiger partial charge is 0.263 e. The highest BCUT2D eigenvalue weighted by molar-refractivity contribution is 7.89. The number of carbonyl (C=O) groups is 1. The fourth-order valence-corrected chi connectivity index (χ4v) is 7.54. The lowest BCUT2D eigenvalue weighted by molar-refractivity contribution is 0.101. The van der Waals surface area contributed by atoms with Crippen molar-refractivity contribution in [3.8, 4) is 0 Å². The standard InChI is InChI=1S/C29H39N7O5S/c1-20-24-19-31-29(33-27(24)36(22-8-4-5-9-22)28(39)26(20)21(2)38)32-25-11-10-23(18-30-25)34-12-14-35(15-13-34)42(40,41)17-7-3-6-16-37/h10-11,18-19,22,37H,3-9,12-17H2,1-2H3,(H,30,31,32,33). The van der Waals surface area contributed by atoms with Crippen LogP contribution in [-0.2, 0) is 10.0 Å². The number of anilines is 3. The van der Waals surface area contributed by atoms with Crippen LogP contribution in [0.4, 0.5) is 17.5 Å². The molecule has 0 radical (unpaired) electrons. The molecule has 42 heavy (non-hydrogen) atoms. The van der Waals surface area contributed by atoms with Crippen molar-refractivity contribution < 1.29 is 18.3 Å². The number of carbonyl (C=O) groups excluding carboxylic acids is 1. The summed E-state index contributed by atoms with van der Waals surface area (Å²) in [6.45, 7) is 5.25. The quantitative estimate of drug-likeness (QED) is 0.249. The topological polar surface area (TPSA) is 151 Å². The van der Waals surface area contributed by atoms with Gasteiger partial charge in [-0.15, -0.1) is 0 Å². The molecule has 0 atom stereocenters. The monoisotopic (exact) mass is 597 g/mol. The van der Waals surface area contributed by atoms with Crippen molar-refractivity contribution >= 4 is 44.3 Å². The summed E-state index contributed by atoms with van der Waals surface area (Å²) in [6, 6.07) is 3.75. The molecule has 0 aromatic carbocycles. The highest BCUT2D eigenvalue weighted by atomic mass is 32.2. The van der Waals surface area contributed by atoms with Crippen molar-refractivity contribution in [2.24, 2.45) is 0 Å². The number of nitrogens with one attached hydrogen (secondary N) is 1. The molecule has 12 nitrogen and oxygen atoms in total. The van der Waals surface area contributed by atoms with E-state index >= 15 is 0 Å². The number of unbranched alkanes of at least 4 members (excludes halogenated alkanes) is 2. The van der Waals surface area contributed by atoms with Gasteiger partial charge in [0.1, 0.15) is 11.5 Å². The van der Waals surface area contributed by atoms with E-state index in [1.165, 1.54) is 6.92 Å². The molecular weight excluding hydrogens is 558 g/mol. The Morgan fingerprint density at radius 2 is 1.79 bits per heavy atom. The molecule has 5 rings (SSSR count). The summed E-state index contributed by atoms with van der Waals surface area (Å²) in [7, 11) is -3.30. The van der Waals surface area contributed by atoms with Gasteiger partial charge in [0.15, 0.2) is 5.78 Å². The number of aliphatic hydroxyl groups is 1. The molecule has 0 spiro atoms. The Kier molecular flexibility index (Phi) is 9.19. The van der Waals surface area contributed by atoms with E-state index in [1.54, 1.807) is 28.2 Å². The van der Waals surface area contributed by atoms with E-state index in [4.69, 9.17) is 10.1 Å². The minimum atomic E-state index is -3.30. The number of sulfonamides is 1. The molecule has 226 valence electrons. The van der Waals surface area contributed by atoms with Crippen molar-refractivity contribution in [1.29, 1.82) is 0 Å². The van der Waals surface area contributed by atoms with E-state index in [0.717, 1.165) is 31.4 Å². The van der Waals surface area contributed by atoms with E-state index in [0.29, 0.717) is 73.8 Å². The van der Waals surface area contributed by atoms with E-state index in [9.17, 15) is 18.0 Å². The maximum atomic E-state index is 13.4. The number of nitrogens with zero attached hydrogens (tertiary/aromatic N) is 6. The number of hydrogen-bond donors (Lipinski definition) is 2. The van der Waals surface area contributed by atoms with E-state index < -0.39 is 10.0 Å². The normalized spacial score (nSPS) is 16.8. The molecule has 2 aliphatic rings. The first-order valence-electron chi connectivity index (χ1n) is 14.7. The summed E-state index contributed by atoms with van der Waals surface area (Å²) in [6.07, 6.45) is 9.08. The molecule has 1 saturated heterocycles. The van der Waals surface area contributed by atoms with Gasteiger partial charge in [-0.1, -0.05) is 19.3 Å². The Morgan fingerprint density at radius 3 is 2.43 bits per heavy atom. The minimum Gasteiger partial charge on any atom is -0.396 e. The molecular formula is C29H39N7O5S. The maximum Gasteiger partial charge on any atom is 0.263 e. The molecule has 4 heterocycles. The Morgan fingerprint density at radius 1 is 1.05 bits per heavy atom. The summed E-state index contributed by atoms with van der Waals surface area (Å²) in [5.41, 5.74) is 1.92. The fraction of sp³-hybridized carbons (Fsp3) is 0.552. The third-order valence-corrected chi connectivity index (χ3v) is 10.3. The average Bonchev–Trinajstić information content (AvgIpc) is 3.50. The number of Topliss-reactive ketones (excluding diaryl/α,β-unsaturated/α-hetero) is 1. The molecule has 0 amide bonds. The second-order valence-electron chi connectivity index (χ2n) is 11.1. The van der Waals surface area contributed by atoms with Gasteiger partial charge in [0.05, 0.1) is 23.2 Å². The van der Waals surface area contributed by atoms with Gasteiger partial charge in [-0.2, -0.15) is 9.29 Å². The van der Waals surface area contributed by atoms with Crippen LogP contribution in [0.15, 0.2) is 29.3 Å². The van der Waals surface area contributed by atoms with Crippen molar-refractivity contribution in [3.63, 3.8) is 0 Å². The highest BCUT2D eigenvalue weighted by Crippen LogP contribution is 2.32. The number of piperazine rings is 1. The Labute approximate surface area is 245 Å². The van der Waals surface area contributed by atoms with Crippen LogP contribution in [0.1, 0.15) is 73.8 Å². The summed E-state index contributed by atoms with van der Waals surface area (Å²) >= 11 is 0. The number of pyridine rings is 2. The summed E-state index contributed by atoms with van der Waals surface area (Å²) in [5, 5.41) is 12.7. The Bertz CT molecular complexity index is 1590. The SMILES string of the molecule is CC(=O)c1c(C)c2cnc(Nc3ccc(N4CCN(S(=O)(=O)CCCCCO)CC4)cn3)nc2n(C2CCCC2)c1=O. The maximum absolute atomic E-state index is 13.4. The molecule has 2 fully saturated rings. The van der Waals surface area contributed by atoms with E-state index in [2.05, 4.69) is 20.2 Å². The van der Waals surface area contributed by atoms with E-state index in [1.807, 2.05) is 12.1 Å². The van der Waals surface area contributed by atoms with Crippen molar-refractivity contribution in [2.75, 3.05) is 48.8 Å². The number of aliphatic hydroxyl groups excluding tert-OH is 1. The highest BCUT2D eigenvalue weighted by Gasteiger charge is 2.28. The molecule has 0 unspecified atom stereocenters. The van der Waals surface area contributed by atoms with Gasteiger partial charge in [0.25, 0.3) is 5.56 Å². The van der Waals surface area contributed by atoms with Crippen molar-refractivity contribution in [1.82, 2.24) is 23.8 Å². The van der Waals surface area contributed by atoms with Crippen molar-refractivity contribution in [3.05, 3.63) is 46.0 Å². The molecule has 1 saturated carbocycles. The number of hydrogen-bond acceptors (Lipinski definition) is 10. The largest absolute Gasteiger partial charge is 0.396 e. The molecule has 1 aliphatic carbocycles. The van der Waals surface area contributed by atoms with Crippen molar-refractivity contribution in [2.45, 2.75) is 64.8 Å². The molecule has 3 aromatic rings. The van der Waals surface area contributed by atoms with Gasteiger partial charge < -0.3 is 15.3 Å². The zero-order valence-electron chi connectivity index (χ0n) is 24.3. The van der Waals surface area contributed by atoms with Crippen LogP contribution in [0.3, 0.4) is 0 Å². The number of aromatic nitrogens is 4. The van der Waals surface area contributed by atoms with Crippen LogP contribution in [0, 0.1) is 6.92 Å². The van der Waals surface area contributed by atoms with Gasteiger partial charge in [-0.3, -0.25) is 14.2 Å². The van der Waals surface area contributed by atoms with Gasteiger partial charge in [-0.05, 0) is 57.2 Å². The van der Waals surface area contributed by atoms with Crippen LogP contribution in [0.25, 0.3) is 11.0 Å². The summed E-state index contributed by atoms with van der Waals surface area (Å²) < 4.78 is 28.5. The predicted octanol–water partition coefficient (Wildman–Crippen LogP) is 3.17. The second-order valence-corrected chi connectivity index (χ2v) is 13.2. The van der Waals surface area contributed by atoms with E-state index in [-0.39, 0.29) is 35.3 Å². The van der Waals surface area contributed by atoms with Crippen LogP contribution in [0.2, 0.25) is 0 Å². The first-order valence-corrected chi connectivity index (χ1v) is 16.3. The Balaban J connectivity index is 1.29. The minimum absolute atomic E-state index is 0.000532. The van der Waals surface area contributed by atoms with Gasteiger partial charge in [0, 0.05) is 50.4 Å². The first-order chi connectivity index (χ1) is 20.2. The predicted molar refractivity (Wildman–Crippen MR) is 162 cm³/mol. The molecule has 3 aromatic heterocycles. The third kappa shape index (κ3) is 6.32. The number of ketones is 1. The van der Waals surface area contributed by atoms with Gasteiger partial charge in [-0.25, -0.2) is 18.4 Å². The summed E-state index contributed by atoms with van der Waals surface area (Å²) in [5.74, 6) is 0.700. The lowest BCUT2D eigenvalue weighted by Crippen LogP contribution is -2.49. The summed E-state index contributed by atoms with van der Waals surface area (Å²) in [4.78, 5) is 41.6. The zero-order chi connectivity index (χ0) is 29.9. The second kappa shape index (κ2) is 12.8.